The van der Waals surface area contributed by atoms with Crippen molar-refractivity contribution in [2.45, 2.75) is 17.4 Å². The maximum atomic E-state index is 12.8. The van der Waals surface area contributed by atoms with Crippen molar-refractivity contribution >= 4 is 21.9 Å². The van der Waals surface area contributed by atoms with Crippen LogP contribution in [0, 0.1) is 0 Å². The highest BCUT2D eigenvalue weighted by atomic mass is 32.2. The molecule has 1 saturated heterocycles. The number of nitrogens with zero attached hydrogens (tertiary/aromatic N) is 1. The number of carboxylic acids is 1. The first-order valence-corrected chi connectivity index (χ1v) is 9.00. The van der Waals surface area contributed by atoms with Gasteiger partial charge in [0.1, 0.15) is 10.6 Å². The van der Waals surface area contributed by atoms with Gasteiger partial charge in [-0.05, 0) is 25.2 Å². The maximum Gasteiger partial charge on any atom is 0.305 e. The van der Waals surface area contributed by atoms with Crippen LogP contribution in [0.4, 0.5) is 0 Å². The molecule has 1 amide bonds. The zero-order valence-corrected chi connectivity index (χ0v) is 14.7. The third kappa shape index (κ3) is 4.27. The molecule has 1 aliphatic rings. The third-order valence-electron chi connectivity index (χ3n) is 3.87. The summed E-state index contributed by atoms with van der Waals surface area (Å²) < 4.78 is 36.7. The van der Waals surface area contributed by atoms with E-state index in [2.05, 4.69) is 4.72 Å². The number of carbonyl (C=O) groups excluding carboxylic acids is 1. The van der Waals surface area contributed by atoms with Crippen molar-refractivity contribution in [1.29, 1.82) is 0 Å². The van der Waals surface area contributed by atoms with Gasteiger partial charge in [0.05, 0.1) is 32.8 Å². The monoisotopic (exact) mass is 372 g/mol. The average molecular weight is 372 g/mol. The van der Waals surface area contributed by atoms with Crippen LogP contribution in [0.2, 0.25) is 0 Å². The molecule has 1 heterocycles. The van der Waals surface area contributed by atoms with E-state index in [0.717, 1.165) is 0 Å². The van der Waals surface area contributed by atoms with E-state index >= 15 is 0 Å². The fourth-order valence-corrected chi connectivity index (χ4v) is 3.51. The second-order valence-corrected chi connectivity index (χ2v) is 7.25. The van der Waals surface area contributed by atoms with Crippen LogP contribution in [0.15, 0.2) is 23.1 Å². The lowest BCUT2D eigenvalue weighted by Crippen LogP contribution is -2.49. The van der Waals surface area contributed by atoms with Gasteiger partial charge < -0.3 is 19.5 Å². The van der Waals surface area contributed by atoms with Gasteiger partial charge in [-0.25, -0.2) is 13.1 Å². The van der Waals surface area contributed by atoms with Crippen LogP contribution < -0.4 is 9.46 Å². The largest absolute Gasteiger partial charge is 0.495 e. The first-order chi connectivity index (χ1) is 11.8. The van der Waals surface area contributed by atoms with Crippen LogP contribution in [-0.2, 0) is 19.6 Å². The quantitative estimate of drug-likeness (QED) is 0.716. The molecule has 0 aromatic heterocycles. The van der Waals surface area contributed by atoms with Crippen LogP contribution in [0.25, 0.3) is 0 Å². The van der Waals surface area contributed by atoms with Gasteiger partial charge in [-0.1, -0.05) is 0 Å². The minimum atomic E-state index is -3.82. The number of methoxy groups -OCH3 is 1. The van der Waals surface area contributed by atoms with E-state index in [1.165, 1.54) is 37.3 Å². The second-order valence-electron chi connectivity index (χ2n) is 5.40. The van der Waals surface area contributed by atoms with Gasteiger partial charge in [0.2, 0.25) is 10.0 Å². The fraction of sp³-hybridized carbons (Fsp3) is 0.467. The minimum absolute atomic E-state index is 0.106. The molecular formula is C15H20N2O7S. The number of aliphatic carboxylic acids is 1. The standard InChI is InChI=1S/C15H20N2O7S/c1-16-25(21,22)13-7-10(3-4-12(13)23-2)15(20)17-5-6-24-9-11(17)8-14(18)19/h3-4,7,11,16H,5-6,8-9H2,1-2H3,(H,18,19). The lowest BCUT2D eigenvalue weighted by molar-refractivity contribution is -0.139. The molecule has 2 N–H and O–H groups in total. The summed E-state index contributed by atoms with van der Waals surface area (Å²) in [6, 6.07) is 3.46. The van der Waals surface area contributed by atoms with Crippen LogP contribution in [0.3, 0.4) is 0 Å². The predicted octanol–water partition coefficient (Wildman–Crippen LogP) is -0.0810. The van der Waals surface area contributed by atoms with Crippen LogP contribution in [-0.4, -0.2) is 70.3 Å². The maximum absolute atomic E-state index is 12.8. The first-order valence-electron chi connectivity index (χ1n) is 7.52. The first kappa shape index (κ1) is 19.2. The second kappa shape index (κ2) is 7.81. The zero-order chi connectivity index (χ0) is 18.6. The Morgan fingerprint density at radius 3 is 2.76 bits per heavy atom. The van der Waals surface area contributed by atoms with Gasteiger partial charge in [-0.15, -0.1) is 0 Å². The number of carboxylic acid groups (broad SMARTS) is 1. The van der Waals surface area contributed by atoms with E-state index < -0.39 is 27.9 Å². The minimum Gasteiger partial charge on any atom is -0.495 e. The van der Waals surface area contributed by atoms with Crippen molar-refractivity contribution in [3.63, 3.8) is 0 Å². The Balaban J connectivity index is 2.38. The van der Waals surface area contributed by atoms with Crippen molar-refractivity contribution in [2.75, 3.05) is 33.9 Å². The molecule has 138 valence electrons. The molecule has 1 aromatic rings. The van der Waals surface area contributed by atoms with E-state index in [1.807, 2.05) is 0 Å². The molecule has 10 heteroatoms. The number of benzene rings is 1. The topological polar surface area (TPSA) is 122 Å². The molecule has 25 heavy (non-hydrogen) atoms. The number of hydrogen-bond acceptors (Lipinski definition) is 6. The highest BCUT2D eigenvalue weighted by Crippen LogP contribution is 2.26. The number of sulfonamides is 1. The molecule has 1 atom stereocenters. The Hall–Kier alpha value is -2.17. The molecular weight excluding hydrogens is 352 g/mol. The van der Waals surface area contributed by atoms with Crippen molar-refractivity contribution < 1.29 is 32.6 Å². The summed E-state index contributed by atoms with van der Waals surface area (Å²) in [5, 5.41) is 8.99. The SMILES string of the molecule is CNS(=O)(=O)c1cc(C(=O)N2CCOCC2CC(=O)O)ccc1OC. The number of carbonyl (C=O) groups is 2. The van der Waals surface area contributed by atoms with Gasteiger partial charge >= 0.3 is 5.97 Å². The molecule has 0 bridgehead atoms. The molecule has 2 rings (SSSR count). The Bertz CT molecular complexity index is 763. The van der Waals surface area contributed by atoms with Crippen molar-refractivity contribution in [2.24, 2.45) is 0 Å². The summed E-state index contributed by atoms with van der Waals surface area (Å²) in [6.07, 6.45) is -0.246. The fourth-order valence-electron chi connectivity index (χ4n) is 2.59. The normalized spacial score (nSPS) is 18.0. The highest BCUT2D eigenvalue weighted by Gasteiger charge is 2.31. The van der Waals surface area contributed by atoms with E-state index in [-0.39, 0.29) is 35.8 Å². The molecule has 1 unspecified atom stereocenters. The van der Waals surface area contributed by atoms with E-state index in [1.54, 1.807) is 0 Å². The smallest absolute Gasteiger partial charge is 0.305 e. The molecule has 1 aromatic carbocycles. The molecule has 1 aliphatic heterocycles. The molecule has 9 nitrogen and oxygen atoms in total. The van der Waals surface area contributed by atoms with Gasteiger partial charge in [0.15, 0.2) is 0 Å². The number of nitrogens with one attached hydrogen (secondary N) is 1. The Labute approximate surface area is 145 Å². The Kier molecular flexibility index (Phi) is 5.98. The number of hydrogen-bond donors (Lipinski definition) is 2. The van der Waals surface area contributed by atoms with Crippen molar-refractivity contribution in [3.05, 3.63) is 23.8 Å². The van der Waals surface area contributed by atoms with Gasteiger partial charge in [0, 0.05) is 12.1 Å². The van der Waals surface area contributed by atoms with E-state index in [4.69, 9.17) is 14.6 Å². The molecule has 0 spiro atoms. The van der Waals surface area contributed by atoms with E-state index in [0.29, 0.717) is 6.61 Å². The number of rotatable bonds is 6. The van der Waals surface area contributed by atoms with Gasteiger partial charge in [0.25, 0.3) is 5.91 Å². The molecule has 0 aliphatic carbocycles. The number of amides is 1. The Morgan fingerprint density at radius 1 is 1.44 bits per heavy atom. The lowest BCUT2D eigenvalue weighted by atomic mass is 10.1. The predicted molar refractivity (Wildman–Crippen MR) is 87.1 cm³/mol. The summed E-state index contributed by atoms with van der Waals surface area (Å²) >= 11 is 0. The van der Waals surface area contributed by atoms with E-state index in [9.17, 15) is 18.0 Å². The summed E-state index contributed by atoms with van der Waals surface area (Å²) in [7, 11) is -1.24. The molecule has 1 fully saturated rings. The van der Waals surface area contributed by atoms with Crippen molar-refractivity contribution in [3.8, 4) is 5.75 Å². The number of morpholine rings is 1. The van der Waals surface area contributed by atoms with Crippen LogP contribution >= 0.6 is 0 Å². The summed E-state index contributed by atoms with van der Waals surface area (Å²) in [5.41, 5.74) is 0.131. The average Bonchev–Trinajstić information content (AvgIpc) is 2.60. The van der Waals surface area contributed by atoms with Crippen LogP contribution in [0.5, 0.6) is 5.75 Å². The summed E-state index contributed by atoms with van der Waals surface area (Å²) in [6.45, 7) is 0.645. The van der Waals surface area contributed by atoms with Gasteiger partial charge in [-0.3, -0.25) is 9.59 Å². The lowest BCUT2D eigenvalue weighted by Gasteiger charge is -2.35. The number of ether oxygens (including phenoxy) is 2. The third-order valence-corrected chi connectivity index (χ3v) is 5.30. The molecule has 0 saturated carbocycles. The zero-order valence-electron chi connectivity index (χ0n) is 13.9. The van der Waals surface area contributed by atoms with Gasteiger partial charge in [-0.2, -0.15) is 0 Å². The summed E-state index contributed by atoms with van der Waals surface area (Å²) in [4.78, 5) is 25.0. The summed E-state index contributed by atoms with van der Waals surface area (Å²) in [5.74, 6) is -1.39. The van der Waals surface area contributed by atoms with Crippen molar-refractivity contribution in [1.82, 2.24) is 9.62 Å². The highest BCUT2D eigenvalue weighted by molar-refractivity contribution is 7.89. The Morgan fingerprint density at radius 2 is 2.16 bits per heavy atom. The molecule has 0 radical (unpaired) electrons. The van der Waals surface area contributed by atoms with Crippen LogP contribution in [0.1, 0.15) is 16.8 Å².